The Bertz CT molecular complexity index is 680. The minimum atomic E-state index is -0.0198. The molecule has 0 unspecified atom stereocenters. The van der Waals surface area contributed by atoms with Crippen LogP contribution in [0.4, 0.5) is 0 Å². The van der Waals surface area contributed by atoms with Gasteiger partial charge in [-0.15, -0.1) is 0 Å². The molecule has 0 saturated heterocycles. The lowest BCUT2D eigenvalue weighted by atomic mass is 9.98. The van der Waals surface area contributed by atoms with E-state index in [1.54, 1.807) is 6.07 Å². The van der Waals surface area contributed by atoms with Gasteiger partial charge in [0.1, 0.15) is 0 Å². The third kappa shape index (κ3) is 3.19. The number of halogens is 1. The summed E-state index contributed by atoms with van der Waals surface area (Å²) in [7, 11) is 0. The van der Waals surface area contributed by atoms with E-state index in [0.29, 0.717) is 17.1 Å². The van der Waals surface area contributed by atoms with Gasteiger partial charge in [-0.2, -0.15) is 0 Å². The molecule has 98 valence electrons. The fourth-order valence-corrected chi connectivity index (χ4v) is 2.07. The van der Waals surface area contributed by atoms with Gasteiger partial charge < -0.3 is 4.57 Å². The standard InChI is InChI=1S/C16H16ClNO/c1-16(2,3)7-4-8-18-10-12(11-19)14-6-5-13(17)9-15(14)18/h5-6,9-11H,8H2,1-3H3. The second kappa shape index (κ2) is 5.11. The number of benzene rings is 1. The van der Waals surface area contributed by atoms with Crippen molar-refractivity contribution in [2.75, 3.05) is 0 Å². The number of carbonyl (C=O) groups is 1. The Kier molecular flexibility index (Phi) is 3.68. The molecule has 0 N–H and O–H groups in total. The van der Waals surface area contributed by atoms with Gasteiger partial charge in [-0.1, -0.05) is 29.5 Å². The van der Waals surface area contributed by atoms with E-state index in [0.717, 1.165) is 17.2 Å². The molecule has 0 saturated carbocycles. The number of rotatable bonds is 2. The summed E-state index contributed by atoms with van der Waals surface area (Å²) in [5, 5.41) is 1.57. The van der Waals surface area contributed by atoms with Crippen LogP contribution in [0.2, 0.25) is 5.02 Å². The molecule has 0 radical (unpaired) electrons. The minimum absolute atomic E-state index is 0.0198. The van der Waals surface area contributed by atoms with E-state index < -0.39 is 0 Å². The first-order chi connectivity index (χ1) is 8.90. The van der Waals surface area contributed by atoms with Gasteiger partial charge in [0, 0.05) is 27.6 Å². The second-order valence-electron chi connectivity index (χ2n) is 5.54. The van der Waals surface area contributed by atoms with Crippen LogP contribution in [0.25, 0.3) is 10.9 Å². The van der Waals surface area contributed by atoms with Gasteiger partial charge in [0.25, 0.3) is 0 Å². The van der Waals surface area contributed by atoms with Crippen molar-refractivity contribution in [1.29, 1.82) is 0 Å². The maximum absolute atomic E-state index is 11.1. The van der Waals surface area contributed by atoms with E-state index >= 15 is 0 Å². The maximum atomic E-state index is 11.1. The van der Waals surface area contributed by atoms with Crippen LogP contribution < -0.4 is 0 Å². The molecular formula is C16H16ClNO. The minimum Gasteiger partial charge on any atom is -0.335 e. The van der Waals surface area contributed by atoms with Crippen LogP contribution in [0.3, 0.4) is 0 Å². The van der Waals surface area contributed by atoms with Crippen LogP contribution in [0, 0.1) is 17.3 Å². The molecule has 0 atom stereocenters. The smallest absolute Gasteiger partial charge is 0.152 e. The molecule has 0 bridgehead atoms. The number of aromatic nitrogens is 1. The van der Waals surface area contributed by atoms with E-state index in [1.165, 1.54) is 0 Å². The summed E-state index contributed by atoms with van der Waals surface area (Å²) in [5.74, 6) is 6.33. The number of hydrogen-bond donors (Lipinski definition) is 0. The van der Waals surface area contributed by atoms with Crippen LogP contribution in [0.15, 0.2) is 24.4 Å². The summed E-state index contributed by atoms with van der Waals surface area (Å²) in [6.07, 6.45) is 2.69. The highest BCUT2D eigenvalue weighted by molar-refractivity contribution is 6.31. The molecule has 1 aromatic carbocycles. The van der Waals surface area contributed by atoms with E-state index in [-0.39, 0.29) is 5.41 Å². The molecule has 19 heavy (non-hydrogen) atoms. The Labute approximate surface area is 118 Å². The van der Waals surface area contributed by atoms with Crippen molar-refractivity contribution in [3.05, 3.63) is 35.0 Å². The first kappa shape index (κ1) is 13.7. The number of aldehydes is 1. The zero-order chi connectivity index (χ0) is 14.0. The van der Waals surface area contributed by atoms with Gasteiger partial charge in [-0.25, -0.2) is 0 Å². The molecule has 3 heteroatoms. The third-order valence-electron chi connectivity index (χ3n) is 2.71. The number of carbonyl (C=O) groups excluding carboxylic acids is 1. The monoisotopic (exact) mass is 273 g/mol. The van der Waals surface area contributed by atoms with Crippen LogP contribution >= 0.6 is 11.6 Å². The highest BCUT2D eigenvalue weighted by Gasteiger charge is 2.08. The predicted octanol–water partition coefficient (Wildman–Crippen LogP) is 4.16. The van der Waals surface area contributed by atoms with Gasteiger partial charge in [-0.3, -0.25) is 4.79 Å². The SMILES string of the molecule is CC(C)(C)C#CCn1cc(C=O)c2ccc(Cl)cc21. The number of fused-ring (bicyclic) bond motifs is 1. The van der Waals surface area contributed by atoms with Crippen LogP contribution in [0.5, 0.6) is 0 Å². The van der Waals surface area contributed by atoms with Crippen molar-refractivity contribution < 1.29 is 4.79 Å². The van der Waals surface area contributed by atoms with Crippen molar-refractivity contribution in [1.82, 2.24) is 4.57 Å². The summed E-state index contributed by atoms with van der Waals surface area (Å²) < 4.78 is 1.96. The van der Waals surface area contributed by atoms with Crippen molar-refractivity contribution in [2.24, 2.45) is 5.41 Å². The summed E-state index contributed by atoms with van der Waals surface area (Å²) in [5.41, 5.74) is 1.59. The van der Waals surface area contributed by atoms with Crippen molar-refractivity contribution in [3.63, 3.8) is 0 Å². The number of hydrogen-bond acceptors (Lipinski definition) is 1. The second-order valence-corrected chi connectivity index (χ2v) is 5.98. The van der Waals surface area contributed by atoms with E-state index in [2.05, 4.69) is 32.6 Å². The average molecular weight is 274 g/mol. The fraction of sp³-hybridized carbons (Fsp3) is 0.312. The van der Waals surface area contributed by atoms with Gasteiger partial charge in [0.2, 0.25) is 0 Å². The molecule has 0 aliphatic carbocycles. The molecule has 0 aliphatic rings. The fourth-order valence-electron chi connectivity index (χ4n) is 1.91. The highest BCUT2D eigenvalue weighted by Crippen LogP contribution is 2.23. The largest absolute Gasteiger partial charge is 0.335 e. The van der Waals surface area contributed by atoms with Crippen LogP contribution in [-0.4, -0.2) is 10.9 Å². The quantitative estimate of drug-likeness (QED) is 0.595. The lowest BCUT2D eigenvalue weighted by molar-refractivity contribution is 0.112. The van der Waals surface area contributed by atoms with Gasteiger partial charge in [0.05, 0.1) is 12.1 Å². The van der Waals surface area contributed by atoms with Crippen molar-refractivity contribution in [2.45, 2.75) is 27.3 Å². The van der Waals surface area contributed by atoms with E-state index in [9.17, 15) is 4.79 Å². The topological polar surface area (TPSA) is 22.0 Å². The molecule has 0 amide bonds. The molecule has 1 aromatic heterocycles. The lowest BCUT2D eigenvalue weighted by Crippen LogP contribution is -2.01. The first-order valence-electron chi connectivity index (χ1n) is 6.14. The van der Waals surface area contributed by atoms with Gasteiger partial charge in [0.15, 0.2) is 6.29 Å². The average Bonchev–Trinajstić information content (AvgIpc) is 2.65. The summed E-state index contributed by atoms with van der Waals surface area (Å²) >= 11 is 6.01. The van der Waals surface area contributed by atoms with E-state index in [4.69, 9.17) is 11.6 Å². The van der Waals surface area contributed by atoms with E-state index in [1.807, 2.05) is 22.9 Å². The maximum Gasteiger partial charge on any atom is 0.152 e. The Morgan fingerprint density at radius 3 is 2.74 bits per heavy atom. The molecule has 2 nitrogen and oxygen atoms in total. The molecular weight excluding hydrogens is 258 g/mol. The predicted molar refractivity (Wildman–Crippen MR) is 79.6 cm³/mol. The van der Waals surface area contributed by atoms with Crippen molar-refractivity contribution in [3.8, 4) is 11.8 Å². The highest BCUT2D eigenvalue weighted by atomic mass is 35.5. The molecule has 2 aromatic rings. The summed E-state index contributed by atoms with van der Waals surface area (Å²) in [6.45, 7) is 6.77. The van der Waals surface area contributed by atoms with Gasteiger partial charge >= 0.3 is 0 Å². The van der Waals surface area contributed by atoms with Crippen LogP contribution in [0.1, 0.15) is 31.1 Å². The zero-order valence-corrected chi connectivity index (χ0v) is 12.1. The summed E-state index contributed by atoms with van der Waals surface area (Å²) in [6, 6.07) is 5.53. The molecule has 0 fully saturated rings. The number of nitrogens with zero attached hydrogens (tertiary/aromatic N) is 1. The summed E-state index contributed by atoms with van der Waals surface area (Å²) in [4.78, 5) is 11.1. The Morgan fingerprint density at radius 2 is 2.11 bits per heavy atom. The molecule has 2 rings (SSSR count). The molecule has 0 aliphatic heterocycles. The lowest BCUT2D eigenvalue weighted by Gasteiger charge is -2.07. The normalized spacial score (nSPS) is 11.2. The Balaban J connectivity index is 2.45. The Morgan fingerprint density at radius 1 is 1.37 bits per heavy atom. The molecule has 0 spiro atoms. The third-order valence-corrected chi connectivity index (χ3v) is 2.95. The van der Waals surface area contributed by atoms with Crippen LogP contribution in [-0.2, 0) is 6.54 Å². The first-order valence-corrected chi connectivity index (χ1v) is 6.52. The van der Waals surface area contributed by atoms with Gasteiger partial charge in [-0.05, 0) is 32.9 Å². The zero-order valence-electron chi connectivity index (χ0n) is 11.3. The Hall–Kier alpha value is -1.72. The van der Waals surface area contributed by atoms with Crippen molar-refractivity contribution >= 4 is 28.8 Å². The molecule has 1 heterocycles.